The van der Waals surface area contributed by atoms with Gasteiger partial charge in [-0.25, -0.2) is 18.6 Å². The van der Waals surface area contributed by atoms with Crippen LogP contribution in [-0.4, -0.2) is 50.5 Å². The number of carbonyl (C=O) groups excluding carboxylic acids is 2. The van der Waals surface area contributed by atoms with Crippen molar-refractivity contribution in [2.24, 2.45) is 0 Å². The second kappa shape index (κ2) is 11.1. The number of piperidine rings is 1. The summed E-state index contributed by atoms with van der Waals surface area (Å²) in [5, 5.41) is 8.45. The molecule has 1 aliphatic rings. The van der Waals surface area contributed by atoms with Gasteiger partial charge in [-0.2, -0.15) is 4.98 Å². The zero-order valence-corrected chi connectivity index (χ0v) is 21.5. The zero-order valence-electron chi connectivity index (χ0n) is 21.5. The van der Waals surface area contributed by atoms with E-state index in [-0.39, 0.29) is 23.7 Å². The highest BCUT2D eigenvalue weighted by Crippen LogP contribution is 2.24. The third kappa shape index (κ3) is 5.84. The normalized spacial score (nSPS) is 17.0. The summed E-state index contributed by atoms with van der Waals surface area (Å²) in [6.45, 7) is 4.25. The van der Waals surface area contributed by atoms with E-state index >= 15 is 0 Å². The molecule has 3 heterocycles. The predicted octanol–water partition coefficient (Wildman–Crippen LogP) is 4.70. The van der Waals surface area contributed by atoms with Crippen molar-refractivity contribution in [3.63, 3.8) is 0 Å². The molecule has 3 amide bonds. The first kappa shape index (κ1) is 26.1. The van der Waals surface area contributed by atoms with Gasteiger partial charge < -0.3 is 30.3 Å². The van der Waals surface area contributed by atoms with Crippen LogP contribution in [0.15, 0.2) is 53.1 Å². The molecule has 5 rings (SSSR count). The number of rotatable bonds is 7. The molecular formula is C27H29F2N7O3. The Labute approximate surface area is 223 Å². The molecule has 12 heteroatoms. The quantitative estimate of drug-likeness (QED) is 0.253. The predicted molar refractivity (Wildman–Crippen MR) is 140 cm³/mol. The molecule has 3 atom stereocenters. The van der Waals surface area contributed by atoms with Crippen molar-refractivity contribution in [2.45, 2.75) is 51.4 Å². The molecule has 39 heavy (non-hydrogen) atoms. The lowest BCUT2D eigenvalue weighted by molar-refractivity contribution is -0.123. The molecule has 2 aromatic carbocycles. The summed E-state index contributed by atoms with van der Waals surface area (Å²) in [6, 6.07) is 9.47. The van der Waals surface area contributed by atoms with Crippen LogP contribution in [0.2, 0.25) is 0 Å². The Morgan fingerprint density at radius 2 is 1.97 bits per heavy atom. The Morgan fingerprint density at radius 1 is 1.15 bits per heavy atom. The number of nitrogens with one attached hydrogen (secondary N) is 4. The number of hydrogen-bond acceptors (Lipinski definition) is 6. The lowest BCUT2D eigenvalue weighted by atomic mass is 10.0. The molecule has 0 radical (unpaired) electrons. The Bertz CT molecular complexity index is 1450. The molecule has 0 saturated carbocycles. The first-order valence-corrected chi connectivity index (χ1v) is 12.8. The number of oxazole rings is 1. The third-order valence-electron chi connectivity index (χ3n) is 6.74. The van der Waals surface area contributed by atoms with Crippen molar-refractivity contribution >= 4 is 29.1 Å². The minimum absolute atomic E-state index is 0.0408. The van der Waals surface area contributed by atoms with E-state index in [4.69, 9.17) is 4.42 Å². The van der Waals surface area contributed by atoms with Gasteiger partial charge >= 0.3 is 6.03 Å². The molecule has 2 aromatic heterocycles. The van der Waals surface area contributed by atoms with Crippen LogP contribution in [0.4, 0.5) is 19.6 Å². The first-order valence-electron chi connectivity index (χ1n) is 12.8. The fourth-order valence-electron chi connectivity index (χ4n) is 4.60. The molecule has 10 nitrogen and oxygen atoms in total. The summed E-state index contributed by atoms with van der Waals surface area (Å²) in [6.07, 6.45) is 3.00. The van der Waals surface area contributed by atoms with E-state index in [0.717, 1.165) is 31.4 Å². The number of aromatic amines is 1. The topological polar surface area (TPSA) is 128 Å². The summed E-state index contributed by atoms with van der Waals surface area (Å²) >= 11 is 0. The molecule has 0 spiro atoms. The van der Waals surface area contributed by atoms with Gasteiger partial charge in [0.05, 0.1) is 17.9 Å². The molecular weight excluding hydrogens is 508 g/mol. The average Bonchev–Trinajstić information content (AvgIpc) is 3.55. The summed E-state index contributed by atoms with van der Waals surface area (Å²) < 4.78 is 33.2. The van der Waals surface area contributed by atoms with Crippen LogP contribution in [0.3, 0.4) is 0 Å². The summed E-state index contributed by atoms with van der Waals surface area (Å²) in [4.78, 5) is 39.8. The van der Waals surface area contributed by atoms with E-state index in [0.29, 0.717) is 29.2 Å². The molecule has 4 N–H and O–H groups in total. The molecule has 4 aromatic rings. The number of likely N-dealkylation sites (tertiary alicyclic amines) is 1. The number of carbonyl (C=O) groups is 2. The number of para-hydroxylation sites is 2. The van der Waals surface area contributed by atoms with Crippen LogP contribution in [0, 0.1) is 11.6 Å². The van der Waals surface area contributed by atoms with Crippen LogP contribution < -0.4 is 16.0 Å². The van der Waals surface area contributed by atoms with Crippen LogP contribution in [0.25, 0.3) is 22.4 Å². The monoisotopic (exact) mass is 537 g/mol. The number of imidazole rings is 1. The minimum Gasteiger partial charge on any atom is -0.424 e. The SMILES string of the molecule is C[C@H](NC(=O)[C@H](NC(=O)N1CCCC[C@@H]1C)Nc1nc2ccccc2o1)c1ncc(-c2ccc(F)cc2F)[nH]1. The second-order valence-electron chi connectivity index (χ2n) is 9.59. The summed E-state index contributed by atoms with van der Waals surface area (Å²) in [5.41, 5.74) is 1.60. The lowest BCUT2D eigenvalue weighted by Gasteiger charge is -2.34. The van der Waals surface area contributed by atoms with E-state index in [1.807, 2.05) is 13.0 Å². The maximum absolute atomic E-state index is 14.2. The van der Waals surface area contributed by atoms with Gasteiger partial charge in [0.1, 0.15) is 23.0 Å². The summed E-state index contributed by atoms with van der Waals surface area (Å²) in [7, 11) is 0. The van der Waals surface area contributed by atoms with E-state index in [2.05, 4.69) is 30.9 Å². The fourth-order valence-corrected chi connectivity index (χ4v) is 4.60. The third-order valence-corrected chi connectivity index (χ3v) is 6.74. The van der Waals surface area contributed by atoms with Gasteiger partial charge in [-0.1, -0.05) is 12.1 Å². The van der Waals surface area contributed by atoms with Crippen molar-refractivity contribution in [1.82, 2.24) is 30.5 Å². The number of urea groups is 1. The zero-order chi connectivity index (χ0) is 27.5. The van der Waals surface area contributed by atoms with E-state index < -0.39 is 29.7 Å². The highest BCUT2D eigenvalue weighted by molar-refractivity contribution is 5.89. The molecule has 0 aliphatic carbocycles. The Morgan fingerprint density at radius 3 is 2.74 bits per heavy atom. The van der Waals surface area contributed by atoms with E-state index in [1.165, 1.54) is 12.3 Å². The Balaban J connectivity index is 1.33. The molecule has 0 bridgehead atoms. The maximum atomic E-state index is 14.2. The lowest BCUT2D eigenvalue weighted by Crippen LogP contribution is -2.57. The van der Waals surface area contributed by atoms with Crippen molar-refractivity contribution in [2.75, 3.05) is 11.9 Å². The van der Waals surface area contributed by atoms with Gasteiger partial charge in [0.25, 0.3) is 11.9 Å². The summed E-state index contributed by atoms with van der Waals surface area (Å²) in [5.74, 6) is -1.64. The van der Waals surface area contributed by atoms with Gasteiger partial charge in [-0.05, 0) is 57.4 Å². The number of halogens is 2. The second-order valence-corrected chi connectivity index (χ2v) is 9.59. The van der Waals surface area contributed by atoms with Crippen molar-refractivity contribution in [1.29, 1.82) is 0 Å². The van der Waals surface area contributed by atoms with Crippen LogP contribution in [0.1, 0.15) is 45.0 Å². The standard InChI is InChI=1S/C27H29F2N7O3/c1-15-7-5-6-12-36(15)27(38)35-24(34-26-33-20-8-3-4-9-22(20)39-26)25(37)31-16(2)23-30-14-21(32-23)18-11-10-17(28)13-19(18)29/h3-4,8-11,13-16,24H,5-7,12H2,1-2H3,(H,30,32)(H,31,37)(H,33,34)(H,35,38)/t15-,16-,24-/m0/s1. The van der Waals surface area contributed by atoms with E-state index in [9.17, 15) is 18.4 Å². The maximum Gasteiger partial charge on any atom is 0.319 e. The van der Waals surface area contributed by atoms with E-state index in [1.54, 1.807) is 30.0 Å². The fraction of sp³-hybridized carbons (Fsp3) is 0.333. The van der Waals surface area contributed by atoms with Crippen LogP contribution in [-0.2, 0) is 4.79 Å². The van der Waals surface area contributed by atoms with Gasteiger partial charge in [0.2, 0.25) is 0 Å². The smallest absolute Gasteiger partial charge is 0.319 e. The molecule has 1 fully saturated rings. The number of hydrogen-bond donors (Lipinski definition) is 4. The molecule has 1 saturated heterocycles. The first-order chi connectivity index (χ1) is 18.8. The van der Waals surface area contributed by atoms with Gasteiger partial charge in [-0.3, -0.25) is 4.79 Å². The Kier molecular flexibility index (Phi) is 7.44. The van der Waals surface area contributed by atoms with Crippen molar-refractivity contribution in [3.05, 3.63) is 66.1 Å². The van der Waals surface area contributed by atoms with Crippen LogP contribution >= 0.6 is 0 Å². The average molecular weight is 538 g/mol. The van der Waals surface area contributed by atoms with Crippen molar-refractivity contribution < 1.29 is 22.8 Å². The number of nitrogens with zero attached hydrogens (tertiary/aromatic N) is 3. The molecule has 204 valence electrons. The number of anilines is 1. The van der Waals surface area contributed by atoms with Gasteiger partial charge in [0, 0.05) is 24.2 Å². The number of fused-ring (bicyclic) bond motifs is 1. The molecule has 0 unspecified atom stereocenters. The van der Waals surface area contributed by atoms with Gasteiger partial charge in [-0.15, -0.1) is 0 Å². The van der Waals surface area contributed by atoms with Crippen LogP contribution in [0.5, 0.6) is 0 Å². The minimum atomic E-state index is -1.22. The number of H-pyrrole nitrogens is 1. The largest absolute Gasteiger partial charge is 0.424 e. The highest BCUT2D eigenvalue weighted by atomic mass is 19.1. The molecule has 1 aliphatic heterocycles. The number of benzene rings is 2. The highest BCUT2D eigenvalue weighted by Gasteiger charge is 2.30. The van der Waals surface area contributed by atoms with Crippen molar-refractivity contribution in [3.8, 4) is 11.3 Å². The number of aromatic nitrogens is 3. The number of amides is 3. The Hall–Kier alpha value is -4.48. The van der Waals surface area contributed by atoms with Gasteiger partial charge in [0.15, 0.2) is 11.7 Å².